The lowest BCUT2D eigenvalue weighted by Crippen LogP contribution is -2.62. The van der Waals surface area contributed by atoms with E-state index in [1.165, 1.54) is 18.4 Å². The van der Waals surface area contributed by atoms with E-state index in [2.05, 4.69) is 13.5 Å². The first-order valence-electron chi connectivity index (χ1n) is 9.33. The van der Waals surface area contributed by atoms with Gasteiger partial charge in [-0.3, -0.25) is 4.79 Å². The monoisotopic (exact) mass is 318 g/mol. The first-order chi connectivity index (χ1) is 10.9. The quantitative estimate of drug-likeness (QED) is 0.769. The van der Waals surface area contributed by atoms with Gasteiger partial charge in [-0.2, -0.15) is 0 Å². The van der Waals surface area contributed by atoms with E-state index in [1.807, 2.05) is 0 Å². The first-order valence-corrected chi connectivity index (χ1v) is 9.33. The molecule has 128 valence electrons. The van der Waals surface area contributed by atoms with Crippen molar-refractivity contribution in [2.45, 2.75) is 58.3 Å². The maximum absolute atomic E-state index is 13.3. The summed E-state index contributed by atoms with van der Waals surface area (Å²) in [6.07, 6.45) is 8.09. The van der Waals surface area contributed by atoms with E-state index in [0.717, 1.165) is 32.1 Å². The normalized spacial score (nSPS) is 48.0. The molecule has 2 bridgehead atoms. The molecule has 0 aromatic heterocycles. The molecule has 0 aromatic rings. The van der Waals surface area contributed by atoms with Gasteiger partial charge < -0.3 is 10.2 Å². The molecule has 0 aromatic carbocycles. The molecule has 4 aliphatic rings. The van der Waals surface area contributed by atoms with E-state index in [9.17, 15) is 15.0 Å². The Bertz CT molecular complexity index is 549. The van der Waals surface area contributed by atoms with Gasteiger partial charge in [0.15, 0.2) is 0 Å². The minimum absolute atomic E-state index is 0.0609. The molecule has 4 fully saturated rings. The first kappa shape index (κ1) is 15.8. The van der Waals surface area contributed by atoms with Crippen LogP contribution in [0.3, 0.4) is 0 Å². The number of carbonyl (C=O) groups is 1. The van der Waals surface area contributed by atoms with Gasteiger partial charge in [0.05, 0.1) is 13.2 Å². The van der Waals surface area contributed by atoms with Gasteiger partial charge in [-0.1, -0.05) is 25.5 Å². The molecule has 0 amide bonds. The molecular weight excluding hydrogens is 288 g/mol. The van der Waals surface area contributed by atoms with Crippen LogP contribution in [0.4, 0.5) is 0 Å². The highest BCUT2D eigenvalue weighted by atomic mass is 16.3. The molecule has 5 atom stereocenters. The van der Waals surface area contributed by atoms with Gasteiger partial charge in [0.2, 0.25) is 0 Å². The maximum Gasteiger partial charge on any atom is 0.137 e. The van der Waals surface area contributed by atoms with Gasteiger partial charge in [0, 0.05) is 17.8 Å². The third-order valence-electron chi connectivity index (χ3n) is 8.29. The van der Waals surface area contributed by atoms with Crippen molar-refractivity contribution in [1.82, 2.24) is 0 Å². The topological polar surface area (TPSA) is 57.5 Å². The maximum atomic E-state index is 13.3. The van der Waals surface area contributed by atoms with Crippen LogP contribution in [0.25, 0.3) is 0 Å². The number of fused-ring (bicyclic) bond motifs is 3. The molecule has 0 radical (unpaired) electrons. The zero-order valence-electron chi connectivity index (χ0n) is 14.3. The molecule has 0 saturated heterocycles. The summed E-state index contributed by atoms with van der Waals surface area (Å²) in [4.78, 5) is 13.3. The summed E-state index contributed by atoms with van der Waals surface area (Å²) >= 11 is 0. The molecule has 4 rings (SSSR count). The van der Waals surface area contributed by atoms with E-state index in [4.69, 9.17) is 0 Å². The lowest BCUT2D eigenvalue weighted by Gasteiger charge is -2.63. The Balaban J connectivity index is 1.80. The summed E-state index contributed by atoms with van der Waals surface area (Å²) in [7, 11) is 0. The van der Waals surface area contributed by atoms with Crippen molar-refractivity contribution >= 4 is 5.78 Å². The van der Waals surface area contributed by atoms with Crippen LogP contribution in [0.1, 0.15) is 58.3 Å². The number of hydrogen-bond donors (Lipinski definition) is 2. The predicted octanol–water partition coefficient (Wildman–Crippen LogP) is 3.10. The second-order valence-electron chi connectivity index (χ2n) is 9.34. The molecule has 1 spiro atoms. The summed E-state index contributed by atoms with van der Waals surface area (Å²) in [6, 6.07) is 0. The van der Waals surface area contributed by atoms with Crippen molar-refractivity contribution in [3.63, 3.8) is 0 Å². The SMILES string of the molecule is C=C1C[C@]23CC(=O)[C@@H]4C(CO)(CO)CCC[C@]4(C)[C@H]2CC[C@H]1C3. The van der Waals surface area contributed by atoms with Crippen molar-refractivity contribution in [3.8, 4) is 0 Å². The smallest absolute Gasteiger partial charge is 0.137 e. The molecule has 4 saturated carbocycles. The molecule has 3 heteroatoms. The number of carbonyl (C=O) groups excluding carboxylic acids is 1. The van der Waals surface area contributed by atoms with Crippen molar-refractivity contribution in [3.05, 3.63) is 12.2 Å². The van der Waals surface area contributed by atoms with Crippen LogP contribution < -0.4 is 0 Å². The van der Waals surface area contributed by atoms with E-state index < -0.39 is 5.41 Å². The van der Waals surface area contributed by atoms with Gasteiger partial charge in [-0.25, -0.2) is 0 Å². The molecule has 2 N–H and O–H groups in total. The number of aliphatic hydroxyl groups excluding tert-OH is 2. The molecule has 0 aliphatic heterocycles. The largest absolute Gasteiger partial charge is 0.396 e. The van der Waals surface area contributed by atoms with Crippen LogP contribution in [-0.2, 0) is 4.79 Å². The number of ketones is 1. The highest BCUT2D eigenvalue weighted by Gasteiger charge is 2.67. The lowest BCUT2D eigenvalue weighted by atomic mass is 9.40. The van der Waals surface area contributed by atoms with E-state index >= 15 is 0 Å². The standard InChI is InChI=1S/C20H30O3/c1-13-8-20-9-14(13)4-5-16(20)18(2)6-3-7-19(11-21,12-22)17(18)15(23)10-20/h14,16-17,21-22H,1,3-12H2,2H3/t14-,16+,17-,18+,20-/m0/s1. The number of rotatable bonds is 2. The molecule has 0 unspecified atom stereocenters. The minimum Gasteiger partial charge on any atom is -0.396 e. The fourth-order valence-electron chi connectivity index (χ4n) is 7.57. The fraction of sp³-hybridized carbons (Fsp3) is 0.850. The van der Waals surface area contributed by atoms with Crippen LogP contribution in [0.15, 0.2) is 12.2 Å². The highest BCUT2D eigenvalue weighted by Crippen LogP contribution is 2.71. The Hall–Kier alpha value is -0.670. The highest BCUT2D eigenvalue weighted by molar-refractivity contribution is 5.85. The number of hydrogen-bond acceptors (Lipinski definition) is 3. The Morgan fingerprint density at radius 3 is 2.61 bits per heavy atom. The molecular formula is C20H30O3. The van der Waals surface area contributed by atoms with Gasteiger partial charge in [0.1, 0.15) is 5.78 Å². The third-order valence-corrected chi connectivity index (χ3v) is 8.29. The van der Waals surface area contributed by atoms with Gasteiger partial charge in [0.25, 0.3) is 0 Å². The third kappa shape index (κ3) is 1.87. The number of aliphatic hydroxyl groups is 2. The van der Waals surface area contributed by atoms with Gasteiger partial charge >= 0.3 is 0 Å². The van der Waals surface area contributed by atoms with Crippen molar-refractivity contribution < 1.29 is 15.0 Å². The zero-order chi connectivity index (χ0) is 16.5. The molecule has 23 heavy (non-hydrogen) atoms. The summed E-state index contributed by atoms with van der Waals surface area (Å²) < 4.78 is 0. The Kier molecular flexibility index (Phi) is 3.39. The average molecular weight is 318 g/mol. The van der Waals surface area contributed by atoms with E-state index in [0.29, 0.717) is 24.0 Å². The lowest BCUT2D eigenvalue weighted by molar-refractivity contribution is -0.184. The van der Waals surface area contributed by atoms with Crippen LogP contribution in [0.2, 0.25) is 0 Å². The van der Waals surface area contributed by atoms with Crippen LogP contribution >= 0.6 is 0 Å². The van der Waals surface area contributed by atoms with E-state index in [-0.39, 0.29) is 30.0 Å². The Morgan fingerprint density at radius 2 is 1.91 bits per heavy atom. The Labute approximate surface area is 139 Å². The molecule has 4 aliphatic carbocycles. The second-order valence-corrected chi connectivity index (χ2v) is 9.34. The summed E-state index contributed by atoms with van der Waals surface area (Å²) in [5.41, 5.74) is 0.845. The van der Waals surface area contributed by atoms with Gasteiger partial charge in [-0.15, -0.1) is 0 Å². The van der Waals surface area contributed by atoms with Crippen LogP contribution in [0, 0.1) is 34.0 Å². The average Bonchev–Trinajstić information content (AvgIpc) is 2.75. The predicted molar refractivity (Wildman–Crippen MR) is 88.7 cm³/mol. The van der Waals surface area contributed by atoms with Crippen LogP contribution in [-0.4, -0.2) is 29.2 Å². The summed E-state index contributed by atoms with van der Waals surface area (Å²) in [5, 5.41) is 20.1. The van der Waals surface area contributed by atoms with E-state index in [1.54, 1.807) is 0 Å². The molecule has 3 nitrogen and oxygen atoms in total. The molecule has 0 heterocycles. The summed E-state index contributed by atoms with van der Waals surface area (Å²) in [5.74, 6) is 1.32. The number of Topliss-reactive ketones (excluding diaryl/α,β-unsaturated/α-hetero) is 1. The Morgan fingerprint density at radius 1 is 1.17 bits per heavy atom. The zero-order valence-corrected chi connectivity index (χ0v) is 14.3. The summed E-state index contributed by atoms with van der Waals surface area (Å²) in [6.45, 7) is 6.47. The van der Waals surface area contributed by atoms with Crippen molar-refractivity contribution in [1.29, 1.82) is 0 Å². The second kappa shape index (κ2) is 4.92. The van der Waals surface area contributed by atoms with Crippen LogP contribution in [0.5, 0.6) is 0 Å². The van der Waals surface area contributed by atoms with Gasteiger partial charge in [-0.05, 0) is 61.2 Å². The minimum atomic E-state index is -0.599. The number of allylic oxidation sites excluding steroid dienone is 1. The van der Waals surface area contributed by atoms with Crippen molar-refractivity contribution in [2.75, 3.05) is 13.2 Å². The fourth-order valence-corrected chi connectivity index (χ4v) is 7.57. The van der Waals surface area contributed by atoms with Crippen molar-refractivity contribution in [2.24, 2.45) is 34.0 Å².